The lowest BCUT2D eigenvalue weighted by Crippen LogP contribution is -2.07. The van der Waals surface area contributed by atoms with E-state index in [0.29, 0.717) is 12.8 Å². The van der Waals surface area contributed by atoms with E-state index in [2.05, 4.69) is 4.98 Å². The van der Waals surface area contributed by atoms with Crippen LogP contribution in [0.25, 0.3) is 0 Å². The summed E-state index contributed by atoms with van der Waals surface area (Å²) in [5.41, 5.74) is 0. The van der Waals surface area contributed by atoms with Crippen LogP contribution in [0.4, 0.5) is 0 Å². The molecular weight excluding hydrogens is 218 g/mol. The van der Waals surface area contributed by atoms with Gasteiger partial charge in [0.25, 0.3) is 0 Å². The number of pyridine rings is 1. The lowest BCUT2D eigenvalue weighted by atomic mass is 10.4. The van der Waals surface area contributed by atoms with Crippen LogP contribution in [0.15, 0.2) is 23.4 Å². The third-order valence-electron chi connectivity index (χ3n) is 1.92. The molecule has 1 aromatic heterocycles. The van der Waals surface area contributed by atoms with E-state index in [-0.39, 0.29) is 23.0 Å². The lowest BCUT2D eigenvalue weighted by Gasteiger charge is -2.04. The van der Waals surface area contributed by atoms with Gasteiger partial charge in [0, 0.05) is 12.8 Å². The summed E-state index contributed by atoms with van der Waals surface area (Å²) in [6.45, 7) is -0.0299. The molecule has 2 N–H and O–H groups in total. The zero-order chi connectivity index (χ0) is 11.3. The molecule has 0 amide bonds. The number of rotatable bonds is 5. The van der Waals surface area contributed by atoms with E-state index < -0.39 is 9.84 Å². The number of sulfone groups is 1. The van der Waals surface area contributed by atoms with Crippen molar-refractivity contribution >= 4 is 9.84 Å². The van der Waals surface area contributed by atoms with Crippen molar-refractivity contribution in [2.24, 2.45) is 0 Å². The third-order valence-corrected chi connectivity index (χ3v) is 3.76. The van der Waals surface area contributed by atoms with Crippen LogP contribution < -0.4 is 0 Å². The van der Waals surface area contributed by atoms with Crippen LogP contribution in [0.5, 0.6) is 5.75 Å². The molecule has 1 aromatic rings. The van der Waals surface area contributed by atoms with Crippen LogP contribution in [0.2, 0.25) is 0 Å². The fourth-order valence-corrected chi connectivity index (χ4v) is 2.59. The third kappa shape index (κ3) is 3.17. The van der Waals surface area contributed by atoms with E-state index in [1.165, 1.54) is 12.3 Å². The highest BCUT2D eigenvalue weighted by Gasteiger charge is 2.17. The molecule has 0 aliphatic carbocycles. The minimum atomic E-state index is -3.46. The van der Waals surface area contributed by atoms with Gasteiger partial charge in [-0.05, 0) is 18.9 Å². The number of unbranched alkanes of at least 4 members (excludes halogenated alkanes) is 1. The molecule has 6 heteroatoms. The fourth-order valence-electron chi connectivity index (χ4n) is 1.15. The summed E-state index contributed by atoms with van der Waals surface area (Å²) in [7, 11) is -3.46. The topological polar surface area (TPSA) is 87.5 Å². The molecule has 0 aromatic carbocycles. The average Bonchev–Trinajstić information content (AvgIpc) is 2.18. The van der Waals surface area contributed by atoms with Gasteiger partial charge in [0.05, 0.1) is 11.9 Å². The molecule has 0 aliphatic rings. The highest BCUT2D eigenvalue weighted by Crippen LogP contribution is 2.22. The average molecular weight is 231 g/mol. The second kappa shape index (κ2) is 5.09. The first-order valence-corrected chi connectivity index (χ1v) is 6.20. The van der Waals surface area contributed by atoms with E-state index in [0.717, 1.165) is 6.20 Å². The molecule has 0 fully saturated rings. The predicted molar refractivity (Wildman–Crippen MR) is 54.3 cm³/mol. The smallest absolute Gasteiger partial charge is 0.182 e. The summed E-state index contributed by atoms with van der Waals surface area (Å²) in [6, 6.07) is 1.27. The Morgan fingerprint density at radius 2 is 2.07 bits per heavy atom. The maximum atomic E-state index is 11.7. The molecule has 0 aliphatic heterocycles. The normalized spacial score (nSPS) is 11.5. The molecule has 1 rings (SSSR count). The van der Waals surface area contributed by atoms with Gasteiger partial charge in [-0.15, -0.1) is 0 Å². The molecule has 0 atom stereocenters. The van der Waals surface area contributed by atoms with Gasteiger partial charge in [-0.3, -0.25) is 4.98 Å². The second-order valence-electron chi connectivity index (χ2n) is 3.09. The summed E-state index contributed by atoms with van der Waals surface area (Å²) >= 11 is 0. The van der Waals surface area contributed by atoms with Gasteiger partial charge in [0.2, 0.25) is 0 Å². The lowest BCUT2D eigenvalue weighted by molar-refractivity contribution is 0.287. The van der Waals surface area contributed by atoms with Gasteiger partial charge in [0.15, 0.2) is 15.6 Å². The van der Waals surface area contributed by atoms with Gasteiger partial charge in [-0.25, -0.2) is 8.42 Å². The maximum absolute atomic E-state index is 11.7. The first-order chi connectivity index (χ1) is 7.08. The summed E-state index contributed by atoms with van der Waals surface area (Å²) in [5, 5.41) is 17.8. The Kier molecular flexibility index (Phi) is 4.05. The van der Waals surface area contributed by atoms with E-state index >= 15 is 0 Å². The largest absolute Gasteiger partial charge is 0.505 e. The number of aromatic nitrogens is 1. The zero-order valence-corrected chi connectivity index (χ0v) is 8.94. The number of aliphatic hydroxyl groups is 1. The SMILES string of the molecule is O=S(=O)(CCCCO)c1ccncc1O. The Bertz CT molecular complexity index is 416. The number of nitrogens with zero attached hydrogens (tertiary/aromatic N) is 1. The standard InChI is InChI=1S/C9H13NO4S/c11-5-1-2-6-15(13,14)9-3-4-10-7-8(9)12/h3-4,7,11-12H,1-2,5-6H2. The molecule has 0 radical (unpaired) electrons. The highest BCUT2D eigenvalue weighted by atomic mass is 32.2. The number of hydrogen-bond acceptors (Lipinski definition) is 5. The van der Waals surface area contributed by atoms with Crippen molar-refractivity contribution in [3.63, 3.8) is 0 Å². The Morgan fingerprint density at radius 3 is 2.67 bits per heavy atom. The summed E-state index contributed by atoms with van der Waals surface area (Å²) in [5.74, 6) is -0.410. The fraction of sp³-hybridized carbons (Fsp3) is 0.444. The first-order valence-electron chi connectivity index (χ1n) is 4.54. The number of hydrogen-bond donors (Lipinski definition) is 2. The maximum Gasteiger partial charge on any atom is 0.182 e. The van der Waals surface area contributed by atoms with Crippen molar-refractivity contribution in [3.05, 3.63) is 18.5 Å². The van der Waals surface area contributed by atoms with Gasteiger partial charge in [-0.1, -0.05) is 0 Å². The highest BCUT2D eigenvalue weighted by molar-refractivity contribution is 7.91. The van der Waals surface area contributed by atoms with Crippen LogP contribution in [0.1, 0.15) is 12.8 Å². The van der Waals surface area contributed by atoms with Crippen molar-refractivity contribution in [2.75, 3.05) is 12.4 Å². The van der Waals surface area contributed by atoms with Crippen LogP contribution >= 0.6 is 0 Å². The van der Waals surface area contributed by atoms with Crippen LogP contribution in [-0.2, 0) is 9.84 Å². The Labute approximate surface area is 88.3 Å². The van der Waals surface area contributed by atoms with E-state index in [4.69, 9.17) is 5.11 Å². The monoisotopic (exact) mass is 231 g/mol. The molecule has 5 nitrogen and oxygen atoms in total. The van der Waals surface area contributed by atoms with E-state index in [1.807, 2.05) is 0 Å². The van der Waals surface area contributed by atoms with Crippen molar-refractivity contribution in [2.45, 2.75) is 17.7 Å². The summed E-state index contributed by atoms with van der Waals surface area (Å²) in [6.07, 6.45) is 3.23. The molecule has 1 heterocycles. The Morgan fingerprint density at radius 1 is 1.33 bits per heavy atom. The molecule has 0 saturated heterocycles. The van der Waals surface area contributed by atoms with Crippen LogP contribution in [-0.4, -0.2) is 36.0 Å². The predicted octanol–water partition coefficient (Wildman–Crippen LogP) is 0.333. The molecule has 15 heavy (non-hydrogen) atoms. The van der Waals surface area contributed by atoms with Gasteiger partial charge >= 0.3 is 0 Å². The van der Waals surface area contributed by atoms with Crippen molar-refractivity contribution in [1.82, 2.24) is 4.98 Å². The second-order valence-corrected chi connectivity index (χ2v) is 5.17. The van der Waals surface area contributed by atoms with Gasteiger partial charge in [-0.2, -0.15) is 0 Å². The van der Waals surface area contributed by atoms with Crippen LogP contribution in [0, 0.1) is 0 Å². The first kappa shape index (κ1) is 11.9. The van der Waals surface area contributed by atoms with Crippen molar-refractivity contribution < 1.29 is 18.6 Å². The molecule has 0 spiro atoms. The van der Waals surface area contributed by atoms with E-state index in [1.54, 1.807) is 0 Å². The Balaban J connectivity index is 2.83. The molecule has 84 valence electrons. The summed E-state index contributed by atoms with van der Waals surface area (Å²) < 4.78 is 23.3. The van der Waals surface area contributed by atoms with E-state index in [9.17, 15) is 13.5 Å². The van der Waals surface area contributed by atoms with Crippen LogP contribution in [0.3, 0.4) is 0 Å². The molecule has 0 unspecified atom stereocenters. The number of aromatic hydroxyl groups is 1. The quantitative estimate of drug-likeness (QED) is 0.713. The minimum Gasteiger partial charge on any atom is -0.505 e. The molecule has 0 saturated carbocycles. The Hall–Kier alpha value is -1.14. The van der Waals surface area contributed by atoms with Crippen molar-refractivity contribution in [1.29, 1.82) is 0 Å². The summed E-state index contributed by atoms with van der Waals surface area (Å²) in [4.78, 5) is 3.50. The number of aliphatic hydroxyl groups excluding tert-OH is 1. The molecular formula is C9H13NO4S. The van der Waals surface area contributed by atoms with Gasteiger partial charge in [0.1, 0.15) is 4.90 Å². The molecule has 0 bridgehead atoms. The minimum absolute atomic E-state index is 0.0299. The van der Waals surface area contributed by atoms with Crippen molar-refractivity contribution in [3.8, 4) is 5.75 Å². The zero-order valence-electron chi connectivity index (χ0n) is 8.13. The van der Waals surface area contributed by atoms with Gasteiger partial charge < -0.3 is 10.2 Å².